The summed E-state index contributed by atoms with van der Waals surface area (Å²) < 4.78 is 5.46. The molecule has 2 heterocycles. The molecule has 2 rings (SSSR count). The fourth-order valence-electron chi connectivity index (χ4n) is 2.54. The number of β-amino-alcohol motifs (C(OH)–C–C–N with tert-alkyl or cyclic N) is 1. The zero-order valence-corrected chi connectivity index (χ0v) is 9.99. The van der Waals surface area contributed by atoms with Gasteiger partial charge in [0.25, 0.3) is 5.91 Å². The van der Waals surface area contributed by atoms with Gasteiger partial charge in [0, 0.05) is 19.5 Å². The predicted octanol–water partition coefficient (Wildman–Crippen LogP) is -1.46. The van der Waals surface area contributed by atoms with E-state index in [0.29, 0.717) is 19.4 Å². The number of nitrogens with zero attached hydrogens (tertiary/aromatic N) is 1. The number of hydrogen-bond donors (Lipinski definition) is 3. The van der Waals surface area contributed by atoms with Crippen molar-refractivity contribution in [2.24, 2.45) is 5.73 Å². The Balaban J connectivity index is 2.02. The third-order valence-electron chi connectivity index (χ3n) is 3.49. The summed E-state index contributed by atoms with van der Waals surface area (Å²) in [6, 6.07) is -0.951. The molecule has 2 fully saturated rings. The summed E-state index contributed by atoms with van der Waals surface area (Å²) in [6.07, 6.45) is -0.184. The lowest BCUT2D eigenvalue weighted by molar-refractivity contribution is -0.153. The van der Waals surface area contributed by atoms with Crippen LogP contribution in [0, 0.1) is 0 Å². The second-order valence-electron chi connectivity index (χ2n) is 4.79. The van der Waals surface area contributed by atoms with Gasteiger partial charge in [-0.1, -0.05) is 0 Å². The lowest BCUT2D eigenvalue weighted by Gasteiger charge is -2.24. The van der Waals surface area contributed by atoms with Gasteiger partial charge in [0.1, 0.15) is 12.1 Å². The number of hydrogen-bond acceptors (Lipinski definition) is 5. The van der Waals surface area contributed by atoms with Gasteiger partial charge in [-0.05, 0) is 12.8 Å². The molecule has 4 unspecified atom stereocenters. The number of carboxylic acid groups (broad SMARTS) is 1. The van der Waals surface area contributed by atoms with Crippen molar-refractivity contribution in [3.63, 3.8) is 0 Å². The number of carbonyl (C=O) groups excluding carboxylic acids is 1. The van der Waals surface area contributed by atoms with E-state index in [1.54, 1.807) is 0 Å². The van der Waals surface area contributed by atoms with Gasteiger partial charge in [0.05, 0.1) is 12.2 Å². The minimum Gasteiger partial charge on any atom is -0.480 e. The number of likely N-dealkylation sites (tertiary alicyclic amines) is 1. The van der Waals surface area contributed by atoms with Gasteiger partial charge in [-0.25, -0.2) is 4.79 Å². The van der Waals surface area contributed by atoms with Gasteiger partial charge in [-0.2, -0.15) is 0 Å². The van der Waals surface area contributed by atoms with E-state index in [0.717, 1.165) is 0 Å². The maximum atomic E-state index is 12.2. The number of aliphatic carboxylic acids is 1. The average molecular weight is 258 g/mol. The van der Waals surface area contributed by atoms with Crippen molar-refractivity contribution < 1.29 is 24.5 Å². The van der Waals surface area contributed by atoms with Crippen molar-refractivity contribution in [3.05, 3.63) is 0 Å². The first-order valence-electron chi connectivity index (χ1n) is 6.09. The fourth-order valence-corrected chi connectivity index (χ4v) is 2.54. The van der Waals surface area contributed by atoms with Gasteiger partial charge in [-0.3, -0.25) is 4.79 Å². The SMILES string of the molecule is NCC1CCC(C(=O)N2CC(O)CC2C(=O)O)O1. The van der Waals surface area contributed by atoms with Crippen LogP contribution < -0.4 is 5.73 Å². The Bertz CT molecular complexity index is 348. The maximum absolute atomic E-state index is 12.2. The van der Waals surface area contributed by atoms with Crippen LogP contribution in [-0.2, 0) is 14.3 Å². The highest BCUT2D eigenvalue weighted by Crippen LogP contribution is 2.25. The first-order valence-corrected chi connectivity index (χ1v) is 6.09. The third kappa shape index (κ3) is 2.47. The molecular formula is C11H18N2O5. The van der Waals surface area contributed by atoms with Crippen LogP contribution in [0.15, 0.2) is 0 Å². The number of aliphatic hydroxyl groups excluding tert-OH is 1. The highest BCUT2D eigenvalue weighted by atomic mass is 16.5. The summed E-state index contributed by atoms with van der Waals surface area (Å²) in [6.45, 7) is 0.414. The van der Waals surface area contributed by atoms with Crippen molar-refractivity contribution in [1.29, 1.82) is 0 Å². The lowest BCUT2D eigenvalue weighted by atomic mass is 10.1. The zero-order chi connectivity index (χ0) is 13.3. The van der Waals surface area contributed by atoms with Crippen molar-refractivity contribution in [2.75, 3.05) is 13.1 Å². The van der Waals surface area contributed by atoms with Gasteiger partial charge in [0.2, 0.25) is 0 Å². The Morgan fingerprint density at radius 3 is 2.67 bits per heavy atom. The van der Waals surface area contributed by atoms with Crippen LogP contribution in [0.2, 0.25) is 0 Å². The molecule has 7 heteroatoms. The summed E-state index contributed by atoms with van der Waals surface area (Å²) in [4.78, 5) is 24.4. The molecule has 0 spiro atoms. The van der Waals surface area contributed by atoms with Crippen LogP contribution in [0.25, 0.3) is 0 Å². The van der Waals surface area contributed by atoms with Crippen LogP contribution in [0.5, 0.6) is 0 Å². The molecule has 7 nitrogen and oxygen atoms in total. The second-order valence-corrected chi connectivity index (χ2v) is 4.79. The monoisotopic (exact) mass is 258 g/mol. The van der Waals surface area contributed by atoms with Crippen molar-refractivity contribution in [3.8, 4) is 0 Å². The number of carbonyl (C=O) groups is 2. The largest absolute Gasteiger partial charge is 0.480 e. The fraction of sp³-hybridized carbons (Fsp3) is 0.818. The second kappa shape index (κ2) is 5.21. The van der Waals surface area contributed by atoms with Crippen molar-refractivity contribution in [1.82, 2.24) is 4.90 Å². The minimum atomic E-state index is -1.09. The molecule has 2 saturated heterocycles. The zero-order valence-electron chi connectivity index (χ0n) is 9.99. The molecule has 18 heavy (non-hydrogen) atoms. The highest BCUT2D eigenvalue weighted by molar-refractivity contribution is 5.87. The molecule has 0 aromatic carbocycles. The maximum Gasteiger partial charge on any atom is 0.326 e. The summed E-state index contributed by atoms with van der Waals surface area (Å²) in [5, 5.41) is 18.5. The van der Waals surface area contributed by atoms with E-state index < -0.39 is 24.2 Å². The molecule has 0 radical (unpaired) electrons. The lowest BCUT2D eigenvalue weighted by Crippen LogP contribution is -2.45. The number of ether oxygens (including phenoxy) is 1. The molecule has 4 N–H and O–H groups in total. The number of carboxylic acids is 1. The molecule has 1 amide bonds. The summed E-state index contributed by atoms with van der Waals surface area (Å²) in [5.74, 6) is -1.44. The molecule has 0 bridgehead atoms. The smallest absolute Gasteiger partial charge is 0.326 e. The van der Waals surface area contributed by atoms with E-state index in [-0.39, 0.29) is 25.0 Å². The van der Waals surface area contributed by atoms with E-state index in [1.165, 1.54) is 4.90 Å². The van der Waals surface area contributed by atoms with Gasteiger partial charge in [0.15, 0.2) is 0 Å². The van der Waals surface area contributed by atoms with Gasteiger partial charge in [-0.15, -0.1) is 0 Å². The van der Waals surface area contributed by atoms with Crippen LogP contribution >= 0.6 is 0 Å². The molecule has 2 aliphatic heterocycles. The average Bonchev–Trinajstić information content (AvgIpc) is 2.94. The summed E-state index contributed by atoms with van der Waals surface area (Å²) >= 11 is 0. The third-order valence-corrected chi connectivity index (χ3v) is 3.49. The predicted molar refractivity (Wildman–Crippen MR) is 60.7 cm³/mol. The number of amides is 1. The van der Waals surface area contributed by atoms with E-state index in [4.69, 9.17) is 15.6 Å². The Labute approximate surface area is 105 Å². The molecule has 102 valence electrons. The highest BCUT2D eigenvalue weighted by Gasteiger charge is 2.43. The molecule has 4 atom stereocenters. The molecule has 0 aliphatic carbocycles. The number of nitrogens with two attached hydrogens (primary N) is 1. The quantitative estimate of drug-likeness (QED) is 0.570. The molecule has 0 aromatic heterocycles. The Morgan fingerprint density at radius 2 is 2.11 bits per heavy atom. The Kier molecular flexibility index (Phi) is 3.84. The van der Waals surface area contributed by atoms with E-state index in [9.17, 15) is 14.7 Å². The van der Waals surface area contributed by atoms with Crippen LogP contribution in [0.1, 0.15) is 19.3 Å². The molecule has 2 aliphatic rings. The first-order chi connectivity index (χ1) is 8.52. The van der Waals surface area contributed by atoms with E-state index in [2.05, 4.69) is 0 Å². The van der Waals surface area contributed by atoms with Crippen molar-refractivity contribution >= 4 is 11.9 Å². The minimum absolute atomic E-state index is 0.0585. The van der Waals surface area contributed by atoms with E-state index in [1.807, 2.05) is 0 Å². The van der Waals surface area contributed by atoms with Crippen molar-refractivity contribution in [2.45, 2.75) is 43.6 Å². The number of rotatable bonds is 3. The molecule has 0 aromatic rings. The topological polar surface area (TPSA) is 113 Å². The molecule has 0 saturated carbocycles. The number of aliphatic hydroxyl groups is 1. The van der Waals surface area contributed by atoms with E-state index >= 15 is 0 Å². The van der Waals surface area contributed by atoms with Crippen LogP contribution in [0.4, 0.5) is 0 Å². The van der Waals surface area contributed by atoms with Crippen LogP contribution in [0.3, 0.4) is 0 Å². The van der Waals surface area contributed by atoms with Gasteiger partial charge >= 0.3 is 5.97 Å². The summed E-state index contributed by atoms with van der Waals surface area (Å²) in [7, 11) is 0. The first kappa shape index (κ1) is 13.3. The van der Waals surface area contributed by atoms with Crippen LogP contribution in [-0.4, -0.2) is 64.4 Å². The summed E-state index contributed by atoms with van der Waals surface area (Å²) in [5.41, 5.74) is 5.46. The Hall–Kier alpha value is -1.18. The standard InChI is InChI=1S/C11H18N2O5/c12-4-7-1-2-9(18-7)10(15)13-5-6(14)3-8(13)11(16)17/h6-9,14H,1-5,12H2,(H,16,17). The van der Waals surface area contributed by atoms with Gasteiger partial charge < -0.3 is 25.6 Å². The Morgan fingerprint density at radius 1 is 1.39 bits per heavy atom. The normalized spacial score (nSPS) is 36.0. The molecular weight excluding hydrogens is 240 g/mol.